The monoisotopic (exact) mass is 332 g/mol. The Balaban J connectivity index is 1.91. The maximum Gasteiger partial charge on any atom is 0.285 e. The summed E-state index contributed by atoms with van der Waals surface area (Å²) in [5.74, 6) is 0.353. The van der Waals surface area contributed by atoms with Crippen molar-refractivity contribution in [1.82, 2.24) is 14.8 Å². The Bertz CT molecular complexity index is 934. The summed E-state index contributed by atoms with van der Waals surface area (Å²) in [7, 11) is 0. The van der Waals surface area contributed by atoms with Crippen LogP contribution in [0.2, 0.25) is 5.02 Å². The number of halogens is 1. The summed E-state index contributed by atoms with van der Waals surface area (Å²) in [6, 6.07) is 9.21. The minimum absolute atomic E-state index is 0.0715. The van der Waals surface area contributed by atoms with E-state index in [-0.39, 0.29) is 24.0 Å². The molecule has 0 saturated heterocycles. The van der Waals surface area contributed by atoms with Gasteiger partial charge >= 0.3 is 0 Å². The van der Waals surface area contributed by atoms with Crippen molar-refractivity contribution in [3.63, 3.8) is 0 Å². The number of pyridine rings is 1. The normalized spacial score (nSPS) is 10.7. The van der Waals surface area contributed by atoms with Gasteiger partial charge in [0.2, 0.25) is 11.8 Å². The van der Waals surface area contributed by atoms with E-state index in [0.29, 0.717) is 10.6 Å². The molecule has 0 unspecified atom stereocenters. The Morgan fingerprint density at radius 2 is 2.00 bits per heavy atom. The van der Waals surface area contributed by atoms with E-state index in [2.05, 4.69) is 10.2 Å². The summed E-state index contributed by atoms with van der Waals surface area (Å²) in [5.41, 5.74) is -0.0390. The van der Waals surface area contributed by atoms with Gasteiger partial charge in [0.05, 0.1) is 21.7 Å². The zero-order chi connectivity index (χ0) is 16.4. The van der Waals surface area contributed by atoms with Gasteiger partial charge in [0.25, 0.3) is 11.2 Å². The Morgan fingerprint density at radius 3 is 2.74 bits per heavy atom. The molecule has 0 radical (unpaired) electrons. The van der Waals surface area contributed by atoms with E-state index >= 15 is 0 Å². The third-order valence-corrected chi connectivity index (χ3v) is 3.38. The number of hydrogen-bond donors (Lipinski definition) is 0. The lowest BCUT2D eigenvalue weighted by atomic mass is 10.2. The third kappa shape index (κ3) is 3.11. The van der Waals surface area contributed by atoms with Gasteiger partial charge in [-0.05, 0) is 12.1 Å². The number of rotatable bonds is 4. The molecular formula is C14H9ClN4O4. The van der Waals surface area contributed by atoms with Crippen molar-refractivity contribution in [2.75, 3.05) is 0 Å². The first-order valence-electron chi connectivity index (χ1n) is 6.47. The van der Waals surface area contributed by atoms with Crippen LogP contribution < -0.4 is 5.56 Å². The molecule has 0 amide bonds. The number of benzene rings is 1. The molecule has 1 aromatic carbocycles. The van der Waals surface area contributed by atoms with Crippen LogP contribution in [0.3, 0.4) is 0 Å². The third-order valence-electron chi connectivity index (χ3n) is 3.06. The van der Waals surface area contributed by atoms with Crippen LogP contribution in [0.4, 0.5) is 5.69 Å². The van der Waals surface area contributed by atoms with E-state index in [4.69, 9.17) is 16.0 Å². The fourth-order valence-electron chi connectivity index (χ4n) is 1.96. The van der Waals surface area contributed by atoms with E-state index in [0.717, 1.165) is 22.9 Å². The largest absolute Gasteiger partial charge is 0.419 e. The average Bonchev–Trinajstić information content (AvgIpc) is 2.98. The van der Waals surface area contributed by atoms with Gasteiger partial charge in [-0.25, -0.2) is 0 Å². The lowest BCUT2D eigenvalue weighted by Crippen LogP contribution is -2.19. The fourth-order valence-corrected chi connectivity index (χ4v) is 2.17. The predicted molar refractivity (Wildman–Crippen MR) is 81.2 cm³/mol. The maximum absolute atomic E-state index is 11.8. The highest BCUT2D eigenvalue weighted by Crippen LogP contribution is 2.26. The van der Waals surface area contributed by atoms with Gasteiger partial charge in [-0.2, -0.15) is 0 Å². The highest BCUT2D eigenvalue weighted by molar-refractivity contribution is 6.33. The predicted octanol–water partition coefficient (Wildman–Crippen LogP) is 2.51. The summed E-state index contributed by atoms with van der Waals surface area (Å²) in [6.45, 7) is -0.0715. The fraction of sp³-hybridized carbons (Fsp3) is 0.0714. The molecule has 0 spiro atoms. The number of nitrogens with zero attached hydrogens (tertiary/aromatic N) is 4. The molecule has 23 heavy (non-hydrogen) atoms. The lowest BCUT2D eigenvalue weighted by molar-refractivity contribution is -0.385. The Labute approximate surface area is 134 Å². The lowest BCUT2D eigenvalue weighted by Gasteiger charge is -2.01. The second-order valence-electron chi connectivity index (χ2n) is 4.59. The van der Waals surface area contributed by atoms with Crippen molar-refractivity contribution in [3.05, 3.63) is 74.0 Å². The minimum atomic E-state index is -0.584. The molecule has 3 aromatic rings. The second kappa shape index (κ2) is 6.01. The second-order valence-corrected chi connectivity index (χ2v) is 5.00. The molecule has 0 saturated carbocycles. The van der Waals surface area contributed by atoms with Crippen LogP contribution in [0.15, 0.2) is 51.8 Å². The molecule has 3 rings (SSSR count). The topological polar surface area (TPSA) is 104 Å². The van der Waals surface area contributed by atoms with Gasteiger partial charge < -0.3 is 4.42 Å². The summed E-state index contributed by atoms with van der Waals surface area (Å²) >= 11 is 6.05. The van der Waals surface area contributed by atoms with Crippen molar-refractivity contribution >= 4 is 17.3 Å². The molecule has 2 heterocycles. The highest BCUT2D eigenvalue weighted by atomic mass is 35.5. The van der Waals surface area contributed by atoms with Crippen molar-refractivity contribution in [1.29, 1.82) is 0 Å². The Morgan fingerprint density at radius 1 is 1.22 bits per heavy atom. The molecule has 0 aliphatic rings. The van der Waals surface area contributed by atoms with Crippen LogP contribution in [0.25, 0.3) is 11.5 Å². The molecule has 116 valence electrons. The Kier molecular flexibility index (Phi) is 3.90. The number of aromatic nitrogens is 3. The zero-order valence-electron chi connectivity index (χ0n) is 11.5. The minimum Gasteiger partial charge on any atom is -0.419 e. The quantitative estimate of drug-likeness (QED) is 0.537. The first-order valence-corrected chi connectivity index (χ1v) is 6.84. The summed E-state index contributed by atoms with van der Waals surface area (Å²) in [6.07, 6.45) is 1.13. The van der Waals surface area contributed by atoms with Crippen molar-refractivity contribution in [2.45, 2.75) is 6.54 Å². The smallest absolute Gasteiger partial charge is 0.285 e. The van der Waals surface area contributed by atoms with Gasteiger partial charge in [-0.3, -0.25) is 19.5 Å². The summed E-state index contributed by atoms with van der Waals surface area (Å²) in [4.78, 5) is 21.9. The van der Waals surface area contributed by atoms with Crippen LogP contribution in [0.5, 0.6) is 0 Å². The molecule has 0 fully saturated rings. The SMILES string of the molecule is O=c1ccc([N+](=O)[O-])cn1Cc1nnc(-c2ccccc2Cl)o1. The summed E-state index contributed by atoms with van der Waals surface area (Å²) in [5, 5.41) is 18.9. The van der Waals surface area contributed by atoms with E-state index in [1.54, 1.807) is 24.3 Å². The molecule has 0 N–H and O–H groups in total. The van der Waals surface area contributed by atoms with Crippen LogP contribution in [-0.4, -0.2) is 19.7 Å². The van der Waals surface area contributed by atoms with Crippen molar-refractivity contribution in [2.24, 2.45) is 0 Å². The van der Waals surface area contributed by atoms with Crippen LogP contribution in [-0.2, 0) is 6.54 Å². The van der Waals surface area contributed by atoms with Gasteiger partial charge in [0.15, 0.2) is 0 Å². The highest BCUT2D eigenvalue weighted by Gasteiger charge is 2.14. The molecular weight excluding hydrogens is 324 g/mol. The summed E-state index contributed by atoms with van der Waals surface area (Å²) < 4.78 is 6.60. The first-order chi connectivity index (χ1) is 11.0. The molecule has 0 atom stereocenters. The van der Waals surface area contributed by atoms with Crippen LogP contribution in [0.1, 0.15) is 5.89 Å². The number of nitro groups is 1. The zero-order valence-corrected chi connectivity index (χ0v) is 12.3. The molecule has 2 aromatic heterocycles. The molecule has 0 aliphatic carbocycles. The van der Waals surface area contributed by atoms with E-state index < -0.39 is 10.5 Å². The maximum atomic E-state index is 11.8. The average molecular weight is 333 g/mol. The Hall–Kier alpha value is -3.00. The first kappa shape index (κ1) is 14.9. The van der Waals surface area contributed by atoms with Crippen LogP contribution >= 0.6 is 11.6 Å². The molecule has 9 heteroatoms. The van der Waals surface area contributed by atoms with Crippen LogP contribution in [0, 0.1) is 10.1 Å². The van der Waals surface area contributed by atoms with E-state index in [1.165, 1.54) is 0 Å². The number of hydrogen-bond acceptors (Lipinski definition) is 6. The standard InChI is InChI=1S/C14H9ClN4O4/c15-11-4-2-1-3-10(11)14-17-16-12(23-14)8-18-7-9(19(21)22)5-6-13(18)20/h1-7H,8H2. The van der Waals surface area contributed by atoms with Gasteiger partial charge in [-0.15, -0.1) is 10.2 Å². The molecule has 0 aliphatic heterocycles. The van der Waals surface area contributed by atoms with Gasteiger partial charge in [0, 0.05) is 12.1 Å². The van der Waals surface area contributed by atoms with Gasteiger partial charge in [0.1, 0.15) is 6.54 Å². The molecule has 8 nitrogen and oxygen atoms in total. The molecule has 0 bridgehead atoms. The van der Waals surface area contributed by atoms with Crippen molar-refractivity contribution < 1.29 is 9.34 Å². The van der Waals surface area contributed by atoms with Gasteiger partial charge in [-0.1, -0.05) is 23.7 Å². The van der Waals surface area contributed by atoms with E-state index in [9.17, 15) is 14.9 Å². The van der Waals surface area contributed by atoms with E-state index in [1.807, 2.05) is 0 Å². The van der Waals surface area contributed by atoms with Crippen molar-refractivity contribution in [3.8, 4) is 11.5 Å².